The summed E-state index contributed by atoms with van der Waals surface area (Å²) in [5.74, 6) is 0.971. The largest absolute Gasteiger partial charge is 0.411 e. The normalized spacial score (nSPS) is 12.4. The maximum atomic E-state index is 13.7. The number of hydrogen-bond acceptors (Lipinski definition) is 3. The van der Waals surface area contributed by atoms with Crippen molar-refractivity contribution in [2.75, 3.05) is 0 Å². The highest BCUT2D eigenvalue weighted by Crippen LogP contribution is 2.37. The zero-order chi connectivity index (χ0) is 26.3. The number of rotatable bonds is 7. The highest BCUT2D eigenvalue weighted by atomic mass is 28.4. The minimum absolute atomic E-state index is 0.0660. The zero-order valence-electron chi connectivity index (χ0n) is 21.9. The van der Waals surface area contributed by atoms with Crippen LogP contribution in [0, 0.1) is 31.9 Å². The van der Waals surface area contributed by atoms with Gasteiger partial charge in [-0.2, -0.15) is 0 Å². The molecule has 0 aliphatic rings. The Labute approximate surface area is 212 Å². The smallest absolute Gasteiger partial charge is 0.192 e. The first-order chi connectivity index (χ1) is 16.9. The third-order valence-corrected chi connectivity index (χ3v) is 11.4. The molecule has 5 nitrogen and oxygen atoms in total. The van der Waals surface area contributed by atoms with Crippen LogP contribution < -0.4 is 0 Å². The third-order valence-electron chi connectivity index (χ3n) is 6.91. The van der Waals surface area contributed by atoms with Crippen LogP contribution in [0.15, 0.2) is 54.7 Å². The average Bonchev–Trinajstić information content (AvgIpc) is 3.32. The Hall–Kier alpha value is -3.10. The van der Waals surface area contributed by atoms with Gasteiger partial charge >= 0.3 is 0 Å². The SMILES string of the molecule is Cc1nc([CH]c2c(CO[Si](C)(C)C(C)(C)C)nc(C)n2-c2ccc(F)cc2)cn1-c1ccc(F)cc1. The molecule has 0 saturated carbocycles. The Bertz CT molecular complexity index is 1350. The van der Waals surface area contributed by atoms with E-state index in [1.54, 1.807) is 24.3 Å². The van der Waals surface area contributed by atoms with Gasteiger partial charge in [0.1, 0.15) is 23.3 Å². The molecule has 0 N–H and O–H groups in total. The van der Waals surface area contributed by atoms with E-state index in [0.29, 0.717) is 6.61 Å². The molecule has 36 heavy (non-hydrogen) atoms. The lowest BCUT2D eigenvalue weighted by molar-refractivity contribution is 0.272. The minimum atomic E-state index is -2.01. The van der Waals surface area contributed by atoms with E-state index < -0.39 is 8.32 Å². The Morgan fingerprint density at radius 1 is 0.861 bits per heavy atom. The fraction of sp³-hybridized carbons (Fsp3) is 0.321. The maximum absolute atomic E-state index is 13.7. The highest BCUT2D eigenvalue weighted by molar-refractivity contribution is 6.74. The first-order valence-corrected chi connectivity index (χ1v) is 14.9. The van der Waals surface area contributed by atoms with Crippen molar-refractivity contribution in [3.05, 3.63) is 102 Å². The van der Waals surface area contributed by atoms with E-state index in [1.807, 2.05) is 35.6 Å². The summed E-state index contributed by atoms with van der Waals surface area (Å²) in [6.45, 7) is 15.3. The van der Waals surface area contributed by atoms with Gasteiger partial charge in [0.25, 0.3) is 0 Å². The van der Waals surface area contributed by atoms with Gasteiger partial charge in [-0.05, 0) is 80.5 Å². The van der Waals surface area contributed by atoms with Crippen molar-refractivity contribution >= 4 is 8.32 Å². The molecule has 8 heteroatoms. The predicted molar refractivity (Wildman–Crippen MR) is 141 cm³/mol. The quantitative estimate of drug-likeness (QED) is 0.251. The second-order valence-electron chi connectivity index (χ2n) is 10.6. The van der Waals surface area contributed by atoms with E-state index in [9.17, 15) is 8.78 Å². The Morgan fingerprint density at radius 2 is 1.42 bits per heavy atom. The standard InChI is InChI=1S/C28H33F2N4OSi/c1-19-31-23(17-33(19)24-12-8-21(29)9-13-24)16-27-26(18-35-36(6,7)28(3,4)5)32-20(2)34(27)25-14-10-22(30)11-15-25/h8-17H,18H2,1-7H3. The van der Waals surface area contributed by atoms with Crippen LogP contribution in [0.2, 0.25) is 18.1 Å². The molecular weight excluding hydrogens is 474 g/mol. The molecule has 0 saturated heterocycles. The molecular formula is C28H33F2N4OSi. The third kappa shape index (κ3) is 5.34. The molecule has 0 aliphatic heterocycles. The van der Waals surface area contributed by atoms with E-state index in [0.717, 1.165) is 40.1 Å². The van der Waals surface area contributed by atoms with Crippen LogP contribution in [0.4, 0.5) is 8.78 Å². The van der Waals surface area contributed by atoms with Gasteiger partial charge in [0.2, 0.25) is 0 Å². The molecule has 0 fully saturated rings. The number of halogens is 2. The van der Waals surface area contributed by atoms with Crippen molar-refractivity contribution < 1.29 is 13.2 Å². The molecule has 189 valence electrons. The van der Waals surface area contributed by atoms with E-state index in [2.05, 4.69) is 33.9 Å². The summed E-state index contributed by atoms with van der Waals surface area (Å²) < 4.78 is 37.5. The molecule has 0 atom stereocenters. The average molecular weight is 508 g/mol. The molecule has 2 heterocycles. The summed E-state index contributed by atoms with van der Waals surface area (Å²) in [5.41, 5.74) is 4.00. The molecule has 0 aliphatic carbocycles. The lowest BCUT2D eigenvalue weighted by Gasteiger charge is -2.36. The van der Waals surface area contributed by atoms with Crippen LogP contribution in [0.25, 0.3) is 11.4 Å². The van der Waals surface area contributed by atoms with Crippen molar-refractivity contribution in [2.45, 2.75) is 59.4 Å². The van der Waals surface area contributed by atoms with Gasteiger partial charge in [-0.15, -0.1) is 0 Å². The lowest BCUT2D eigenvalue weighted by atomic mass is 10.2. The van der Waals surface area contributed by atoms with Crippen molar-refractivity contribution in [1.82, 2.24) is 19.1 Å². The van der Waals surface area contributed by atoms with Crippen LogP contribution in [-0.4, -0.2) is 27.4 Å². The van der Waals surface area contributed by atoms with Crippen LogP contribution in [-0.2, 0) is 11.0 Å². The molecule has 2 aromatic carbocycles. The van der Waals surface area contributed by atoms with Crippen molar-refractivity contribution in [1.29, 1.82) is 0 Å². The first kappa shape index (κ1) is 26.0. The number of aromatic nitrogens is 4. The number of benzene rings is 2. The zero-order valence-corrected chi connectivity index (χ0v) is 22.9. The monoisotopic (exact) mass is 507 g/mol. The molecule has 0 bridgehead atoms. The fourth-order valence-corrected chi connectivity index (χ4v) is 4.74. The molecule has 2 aromatic heterocycles. The molecule has 1 radical (unpaired) electrons. The molecule has 0 unspecified atom stereocenters. The van der Waals surface area contributed by atoms with Gasteiger partial charge in [-0.25, -0.2) is 18.7 Å². The van der Waals surface area contributed by atoms with Crippen molar-refractivity contribution in [3.8, 4) is 11.4 Å². The number of aryl methyl sites for hydroxylation is 2. The van der Waals surface area contributed by atoms with Gasteiger partial charge in [-0.1, -0.05) is 20.8 Å². The highest BCUT2D eigenvalue weighted by Gasteiger charge is 2.37. The number of nitrogens with zero attached hydrogens (tertiary/aromatic N) is 4. The van der Waals surface area contributed by atoms with E-state index in [-0.39, 0.29) is 16.7 Å². The summed E-state index contributed by atoms with van der Waals surface area (Å²) in [5, 5.41) is 0.0660. The van der Waals surface area contributed by atoms with Gasteiger partial charge in [0.05, 0.1) is 30.1 Å². The Kier molecular flexibility index (Phi) is 7.03. The summed E-state index contributed by atoms with van der Waals surface area (Å²) in [7, 11) is -2.01. The number of imidazole rings is 2. The van der Waals surface area contributed by atoms with Gasteiger partial charge in [0.15, 0.2) is 8.32 Å². The molecule has 0 spiro atoms. The fourth-order valence-electron chi connectivity index (χ4n) is 3.81. The summed E-state index contributed by atoms with van der Waals surface area (Å²) in [6, 6.07) is 12.7. The van der Waals surface area contributed by atoms with Gasteiger partial charge in [0, 0.05) is 17.6 Å². The second-order valence-corrected chi connectivity index (χ2v) is 15.4. The van der Waals surface area contributed by atoms with Crippen molar-refractivity contribution in [3.63, 3.8) is 0 Å². The van der Waals surface area contributed by atoms with Gasteiger partial charge in [-0.3, -0.25) is 4.57 Å². The topological polar surface area (TPSA) is 44.9 Å². The summed E-state index contributed by atoms with van der Waals surface area (Å²) >= 11 is 0. The first-order valence-electron chi connectivity index (χ1n) is 12.0. The van der Waals surface area contributed by atoms with E-state index in [1.165, 1.54) is 24.3 Å². The van der Waals surface area contributed by atoms with Crippen LogP contribution in [0.5, 0.6) is 0 Å². The van der Waals surface area contributed by atoms with E-state index >= 15 is 0 Å². The lowest BCUT2D eigenvalue weighted by Crippen LogP contribution is -2.40. The minimum Gasteiger partial charge on any atom is -0.411 e. The number of hydrogen-bond donors (Lipinski definition) is 0. The van der Waals surface area contributed by atoms with Gasteiger partial charge < -0.3 is 8.99 Å². The van der Waals surface area contributed by atoms with Crippen molar-refractivity contribution in [2.24, 2.45) is 0 Å². The molecule has 4 rings (SSSR count). The van der Waals surface area contributed by atoms with E-state index in [4.69, 9.17) is 14.4 Å². The predicted octanol–water partition coefficient (Wildman–Crippen LogP) is 7.08. The second kappa shape index (κ2) is 9.75. The summed E-state index contributed by atoms with van der Waals surface area (Å²) in [4.78, 5) is 9.58. The van der Waals surface area contributed by atoms with Crippen LogP contribution in [0.3, 0.4) is 0 Å². The molecule has 4 aromatic rings. The Balaban J connectivity index is 1.74. The Morgan fingerprint density at radius 3 is 1.97 bits per heavy atom. The van der Waals surface area contributed by atoms with Crippen LogP contribution >= 0.6 is 0 Å². The maximum Gasteiger partial charge on any atom is 0.192 e. The molecule has 0 amide bonds. The van der Waals surface area contributed by atoms with Crippen LogP contribution in [0.1, 0.15) is 49.5 Å². The summed E-state index contributed by atoms with van der Waals surface area (Å²) in [6.07, 6.45) is 3.89.